The first-order chi connectivity index (χ1) is 11.6. The standard InChI is InChI=1S/C18H18ClN3O2/c1-3-5-13-15(8-11(2)20)24-18-14(9-16(19)22-17(13)18)21-10-12-6-4-7-23-12/h4,6-7,9,11H,8,10,20H2,1-2H3,(H,21,22)/t11-/m0/s1. The molecule has 0 aliphatic rings. The number of nitrogens with two attached hydrogens (primary N) is 1. The minimum atomic E-state index is -0.0435. The van der Waals surface area contributed by atoms with Gasteiger partial charge in [-0.1, -0.05) is 17.5 Å². The molecule has 0 aliphatic carbocycles. The van der Waals surface area contributed by atoms with Crippen LogP contribution in [0.25, 0.3) is 11.1 Å². The minimum Gasteiger partial charge on any atom is -0.467 e. The molecule has 0 saturated heterocycles. The lowest BCUT2D eigenvalue weighted by molar-refractivity contribution is 0.516. The van der Waals surface area contributed by atoms with Gasteiger partial charge >= 0.3 is 0 Å². The van der Waals surface area contributed by atoms with E-state index in [9.17, 15) is 0 Å². The van der Waals surface area contributed by atoms with Gasteiger partial charge < -0.3 is 19.9 Å². The van der Waals surface area contributed by atoms with Gasteiger partial charge in [-0.05, 0) is 26.0 Å². The highest BCUT2D eigenvalue weighted by Gasteiger charge is 2.19. The molecular weight excluding hydrogens is 326 g/mol. The molecule has 3 aromatic rings. The fraction of sp³-hybridized carbons (Fsp3) is 0.278. The summed E-state index contributed by atoms with van der Waals surface area (Å²) in [5.41, 5.74) is 8.68. The number of pyridine rings is 1. The molecule has 6 heteroatoms. The van der Waals surface area contributed by atoms with Crippen LogP contribution in [0, 0.1) is 11.8 Å². The summed E-state index contributed by atoms with van der Waals surface area (Å²) in [5, 5.41) is 3.65. The SMILES string of the molecule is CC#Cc1c(C[C@H](C)N)oc2c(NCc3ccco3)cc(Cl)nc12. The third kappa shape index (κ3) is 3.40. The highest BCUT2D eigenvalue weighted by atomic mass is 35.5. The van der Waals surface area contributed by atoms with Crippen molar-refractivity contribution >= 4 is 28.4 Å². The van der Waals surface area contributed by atoms with E-state index in [1.807, 2.05) is 19.1 Å². The van der Waals surface area contributed by atoms with E-state index in [1.54, 1.807) is 19.3 Å². The summed E-state index contributed by atoms with van der Waals surface area (Å²) < 4.78 is 11.4. The molecule has 0 amide bonds. The van der Waals surface area contributed by atoms with Crippen molar-refractivity contribution in [2.45, 2.75) is 32.9 Å². The van der Waals surface area contributed by atoms with Crippen LogP contribution in [0.5, 0.6) is 0 Å². The minimum absolute atomic E-state index is 0.0435. The summed E-state index contributed by atoms with van der Waals surface area (Å²) in [6.07, 6.45) is 2.21. The summed E-state index contributed by atoms with van der Waals surface area (Å²) in [6, 6.07) is 5.42. The van der Waals surface area contributed by atoms with Crippen molar-refractivity contribution in [2.24, 2.45) is 5.73 Å². The van der Waals surface area contributed by atoms with Crippen molar-refractivity contribution < 1.29 is 8.83 Å². The third-order valence-corrected chi connectivity index (χ3v) is 3.67. The molecule has 3 N–H and O–H groups in total. The van der Waals surface area contributed by atoms with Crippen LogP contribution >= 0.6 is 11.6 Å². The summed E-state index contributed by atoms with van der Waals surface area (Å²) in [6.45, 7) is 4.21. The van der Waals surface area contributed by atoms with Crippen molar-refractivity contribution in [3.63, 3.8) is 0 Å². The number of hydrogen-bond donors (Lipinski definition) is 2. The van der Waals surface area contributed by atoms with Gasteiger partial charge in [0.05, 0.1) is 24.1 Å². The Bertz CT molecular complexity index is 902. The Morgan fingerprint density at radius 2 is 2.29 bits per heavy atom. The summed E-state index contributed by atoms with van der Waals surface area (Å²) in [5.74, 6) is 7.50. The molecule has 3 rings (SSSR count). The van der Waals surface area contributed by atoms with Crippen LogP contribution in [0.3, 0.4) is 0 Å². The van der Waals surface area contributed by atoms with Crippen LogP contribution in [0.2, 0.25) is 5.15 Å². The number of fused-ring (bicyclic) bond motifs is 1. The highest BCUT2D eigenvalue weighted by molar-refractivity contribution is 6.30. The van der Waals surface area contributed by atoms with Gasteiger partial charge in [0.15, 0.2) is 5.58 Å². The van der Waals surface area contributed by atoms with Crippen LogP contribution in [0.1, 0.15) is 30.9 Å². The molecule has 0 unspecified atom stereocenters. The van der Waals surface area contributed by atoms with E-state index in [0.29, 0.717) is 29.2 Å². The van der Waals surface area contributed by atoms with E-state index in [4.69, 9.17) is 26.2 Å². The van der Waals surface area contributed by atoms with Crippen LogP contribution in [-0.2, 0) is 13.0 Å². The average molecular weight is 344 g/mol. The summed E-state index contributed by atoms with van der Waals surface area (Å²) in [4.78, 5) is 4.39. The quantitative estimate of drug-likeness (QED) is 0.542. The van der Waals surface area contributed by atoms with Gasteiger partial charge in [-0.15, -0.1) is 5.92 Å². The molecule has 1 atom stereocenters. The van der Waals surface area contributed by atoms with Gasteiger partial charge in [-0.25, -0.2) is 4.98 Å². The predicted molar refractivity (Wildman–Crippen MR) is 95.0 cm³/mol. The molecule has 0 aromatic carbocycles. The fourth-order valence-electron chi connectivity index (χ4n) is 2.50. The van der Waals surface area contributed by atoms with Crippen molar-refractivity contribution in [1.82, 2.24) is 4.98 Å². The molecule has 0 radical (unpaired) electrons. The lowest BCUT2D eigenvalue weighted by atomic mass is 10.1. The number of furan rings is 2. The monoisotopic (exact) mass is 343 g/mol. The van der Waals surface area contributed by atoms with Crippen molar-refractivity contribution in [1.29, 1.82) is 0 Å². The van der Waals surface area contributed by atoms with E-state index in [0.717, 1.165) is 22.8 Å². The Hall–Kier alpha value is -2.42. The molecule has 24 heavy (non-hydrogen) atoms. The molecule has 5 nitrogen and oxygen atoms in total. The number of rotatable bonds is 5. The zero-order valence-corrected chi connectivity index (χ0v) is 14.3. The normalized spacial score (nSPS) is 12.0. The lowest BCUT2D eigenvalue weighted by Crippen LogP contribution is -2.17. The Labute approximate surface area is 145 Å². The Balaban J connectivity index is 2.06. The van der Waals surface area contributed by atoms with Gasteiger partial charge in [-0.2, -0.15) is 0 Å². The van der Waals surface area contributed by atoms with Gasteiger partial charge in [-0.3, -0.25) is 0 Å². The summed E-state index contributed by atoms with van der Waals surface area (Å²) >= 11 is 6.18. The number of nitrogens with one attached hydrogen (secondary N) is 1. The van der Waals surface area contributed by atoms with Crippen molar-refractivity contribution in [3.05, 3.63) is 46.7 Å². The number of hydrogen-bond acceptors (Lipinski definition) is 5. The topological polar surface area (TPSA) is 77.2 Å². The number of nitrogens with zero attached hydrogens (tertiary/aromatic N) is 1. The van der Waals surface area contributed by atoms with E-state index in [-0.39, 0.29) is 6.04 Å². The number of anilines is 1. The lowest BCUT2D eigenvalue weighted by Gasteiger charge is -2.05. The van der Waals surface area contributed by atoms with Gasteiger partial charge in [0.1, 0.15) is 22.2 Å². The van der Waals surface area contributed by atoms with Crippen LogP contribution < -0.4 is 11.1 Å². The maximum absolute atomic E-state index is 6.18. The third-order valence-electron chi connectivity index (χ3n) is 3.47. The second-order valence-electron chi connectivity index (χ2n) is 5.56. The molecular formula is C18H18ClN3O2. The zero-order chi connectivity index (χ0) is 17.1. The average Bonchev–Trinajstić information content (AvgIpc) is 3.14. The van der Waals surface area contributed by atoms with Gasteiger partial charge in [0.25, 0.3) is 0 Å². The van der Waals surface area contributed by atoms with Gasteiger partial charge in [0.2, 0.25) is 0 Å². The van der Waals surface area contributed by atoms with E-state index >= 15 is 0 Å². The van der Waals surface area contributed by atoms with Crippen LogP contribution in [0.4, 0.5) is 5.69 Å². The molecule has 0 aliphatic heterocycles. The maximum Gasteiger partial charge on any atom is 0.177 e. The number of halogens is 1. The molecule has 0 saturated carbocycles. The van der Waals surface area contributed by atoms with Crippen LogP contribution in [0.15, 0.2) is 33.3 Å². The second kappa shape index (κ2) is 7.00. The molecule has 0 fully saturated rings. The first-order valence-electron chi connectivity index (χ1n) is 7.65. The van der Waals surface area contributed by atoms with Crippen molar-refractivity contribution in [3.8, 4) is 11.8 Å². The smallest absolute Gasteiger partial charge is 0.177 e. The summed E-state index contributed by atoms with van der Waals surface area (Å²) in [7, 11) is 0. The van der Waals surface area contributed by atoms with Crippen molar-refractivity contribution in [2.75, 3.05) is 5.32 Å². The fourth-order valence-corrected chi connectivity index (χ4v) is 2.69. The van der Waals surface area contributed by atoms with Gasteiger partial charge in [0, 0.05) is 18.5 Å². The second-order valence-corrected chi connectivity index (χ2v) is 5.95. The first kappa shape index (κ1) is 16.4. The van der Waals surface area contributed by atoms with Crippen LogP contribution in [-0.4, -0.2) is 11.0 Å². The Morgan fingerprint density at radius 1 is 1.46 bits per heavy atom. The van der Waals surface area contributed by atoms with E-state index in [2.05, 4.69) is 22.1 Å². The zero-order valence-electron chi connectivity index (χ0n) is 13.5. The first-order valence-corrected chi connectivity index (χ1v) is 8.02. The Kier molecular flexibility index (Phi) is 4.79. The molecule has 124 valence electrons. The molecule has 3 heterocycles. The predicted octanol–water partition coefficient (Wildman–Crippen LogP) is 3.95. The molecule has 3 aromatic heterocycles. The molecule has 0 bridgehead atoms. The van der Waals surface area contributed by atoms with E-state index < -0.39 is 0 Å². The highest BCUT2D eigenvalue weighted by Crippen LogP contribution is 2.32. The number of aromatic nitrogens is 1. The van der Waals surface area contributed by atoms with E-state index in [1.165, 1.54) is 0 Å². The largest absolute Gasteiger partial charge is 0.467 e. The maximum atomic E-state index is 6.18. The Morgan fingerprint density at radius 3 is 2.96 bits per heavy atom. The molecule has 0 spiro atoms.